The summed E-state index contributed by atoms with van der Waals surface area (Å²) in [5.41, 5.74) is 2.40. The molecule has 1 unspecified atom stereocenters. The van der Waals surface area contributed by atoms with Gasteiger partial charge in [-0.3, -0.25) is 4.79 Å². The molecule has 182 valence electrons. The largest absolute Gasteiger partial charge is 0.493 e. The Hall–Kier alpha value is -2.64. The van der Waals surface area contributed by atoms with Gasteiger partial charge in [0.05, 0.1) is 22.7 Å². The van der Waals surface area contributed by atoms with Crippen LogP contribution in [0.3, 0.4) is 0 Å². The Morgan fingerprint density at radius 1 is 1.21 bits per heavy atom. The Kier molecular flexibility index (Phi) is 8.06. The zero-order valence-electron chi connectivity index (χ0n) is 19.8. The van der Waals surface area contributed by atoms with Crippen molar-refractivity contribution in [2.45, 2.75) is 52.1 Å². The van der Waals surface area contributed by atoms with Gasteiger partial charge in [0.2, 0.25) is 5.91 Å². The maximum Gasteiger partial charge on any atom is 0.217 e. The number of fused-ring (bicyclic) bond motifs is 1. The molecule has 1 aromatic heterocycles. The number of hydrogen-bond acceptors (Lipinski definition) is 4. The van der Waals surface area contributed by atoms with Crippen LogP contribution in [0.1, 0.15) is 39.5 Å². The van der Waals surface area contributed by atoms with Gasteiger partial charge in [-0.2, -0.15) is 0 Å². The quantitative estimate of drug-likeness (QED) is 0.418. The van der Waals surface area contributed by atoms with E-state index in [1.165, 1.54) is 45.3 Å². The molecule has 2 heterocycles. The second-order valence-corrected chi connectivity index (χ2v) is 9.44. The third-order valence-electron chi connectivity index (χ3n) is 6.14. The maximum atomic E-state index is 13.8. The van der Waals surface area contributed by atoms with Crippen molar-refractivity contribution in [1.82, 2.24) is 19.8 Å². The molecule has 8 heteroatoms. The fourth-order valence-corrected chi connectivity index (χ4v) is 4.75. The van der Waals surface area contributed by atoms with Crippen molar-refractivity contribution < 1.29 is 13.9 Å². The molecule has 34 heavy (non-hydrogen) atoms. The molecule has 1 atom stereocenters. The number of halogens is 2. The average molecular weight is 487 g/mol. The minimum atomic E-state index is -0.472. The van der Waals surface area contributed by atoms with Crippen LogP contribution in [0.2, 0.25) is 5.02 Å². The molecule has 1 fully saturated rings. The van der Waals surface area contributed by atoms with Gasteiger partial charge in [-0.15, -0.1) is 0 Å². The highest BCUT2D eigenvalue weighted by molar-refractivity contribution is 6.31. The van der Waals surface area contributed by atoms with Crippen molar-refractivity contribution in [2.75, 3.05) is 26.2 Å². The van der Waals surface area contributed by atoms with E-state index in [0.717, 1.165) is 29.7 Å². The topological polar surface area (TPSA) is 59.4 Å². The number of imidazole rings is 1. The van der Waals surface area contributed by atoms with Crippen molar-refractivity contribution in [3.05, 3.63) is 47.2 Å². The third-order valence-corrected chi connectivity index (χ3v) is 6.43. The zero-order chi connectivity index (χ0) is 24.1. The lowest BCUT2D eigenvalue weighted by Gasteiger charge is -2.26. The summed E-state index contributed by atoms with van der Waals surface area (Å²) in [6.07, 6.45) is 4.92. The van der Waals surface area contributed by atoms with Gasteiger partial charge in [0.15, 0.2) is 0 Å². The van der Waals surface area contributed by atoms with Crippen molar-refractivity contribution in [1.29, 1.82) is 0 Å². The van der Waals surface area contributed by atoms with Gasteiger partial charge in [-0.1, -0.05) is 18.0 Å². The molecule has 1 saturated heterocycles. The number of benzene rings is 2. The van der Waals surface area contributed by atoms with Crippen LogP contribution in [-0.4, -0.2) is 52.6 Å². The van der Waals surface area contributed by atoms with Crippen molar-refractivity contribution in [2.24, 2.45) is 0 Å². The lowest BCUT2D eigenvalue weighted by atomic mass is 10.1. The first kappa shape index (κ1) is 24.5. The van der Waals surface area contributed by atoms with Crippen LogP contribution in [0.5, 0.6) is 5.75 Å². The Bertz CT molecular complexity index is 1140. The van der Waals surface area contributed by atoms with Crippen molar-refractivity contribution in [3.8, 4) is 17.1 Å². The number of nitrogens with one attached hydrogen (secondary N) is 1. The van der Waals surface area contributed by atoms with Gasteiger partial charge in [-0.25, -0.2) is 9.37 Å². The number of piperidine rings is 1. The lowest BCUT2D eigenvalue weighted by Crippen LogP contribution is -2.34. The fourth-order valence-electron chi connectivity index (χ4n) is 4.57. The Labute approximate surface area is 205 Å². The summed E-state index contributed by atoms with van der Waals surface area (Å²) in [5, 5.41) is 2.96. The number of aromatic nitrogens is 2. The number of carbonyl (C=O) groups excluding carboxylic acids is 1. The monoisotopic (exact) mass is 486 g/mol. The molecule has 0 spiro atoms. The fraction of sp³-hybridized carbons (Fsp3) is 0.462. The van der Waals surface area contributed by atoms with Gasteiger partial charge in [0.25, 0.3) is 0 Å². The number of ether oxygens (including phenoxy) is 1. The molecular formula is C26H32ClFN4O2. The summed E-state index contributed by atoms with van der Waals surface area (Å²) in [6, 6.07) is 10.3. The number of likely N-dealkylation sites (tertiary alicyclic amines) is 1. The van der Waals surface area contributed by atoms with E-state index in [0.29, 0.717) is 24.5 Å². The van der Waals surface area contributed by atoms with E-state index >= 15 is 0 Å². The van der Waals surface area contributed by atoms with Crippen LogP contribution in [-0.2, 0) is 11.3 Å². The minimum Gasteiger partial charge on any atom is -0.493 e. The van der Waals surface area contributed by atoms with Crippen LogP contribution < -0.4 is 10.1 Å². The van der Waals surface area contributed by atoms with E-state index in [9.17, 15) is 9.18 Å². The highest BCUT2D eigenvalue weighted by atomic mass is 35.5. The van der Waals surface area contributed by atoms with Crippen molar-refractivity contribution >= 4 is 28.5 Å². The molecule has 0 saturated carbocycles. The molecule has 1 N–H and O–H groups in total. The first-order chi connectivity index (χ1) is 16.4. The molecule has 6 nitrogen and oxygen atoms in total. The Morgan fingerprint density at radius 2 is 2.00 bits per heavy atom. The summed E-state index contributed by atoms with van der Waals surface area (Å²) < 4.78 is 21.8. The van der Waals surface area contributed by atoms with E-state index in [1.807, 2.05) is 29.7 Å². The van der Waals surface area contributed by atoms with Gasteiger partial charge in [0, 0.05) is 37.7 Å². The van der Waals surface area contributed by atoms with Crippen molar-refractivity contribution in [3.63, 3.8) is 0 Å². The third kappa shape index (κ3) is 6.07. The highest BCUT2D eigenvalue weighted by Crippen LogP contribution is 2.30. The summed E-state index contributed by atoms with van der Waals surface area (Å²) in [4.78, 5) is 18.9. The SMILES string of the molecule is CC(=O)NC(C)Cn1c(-c2ccc(F)c(Cl)c2)nc2cc(OCCCN3CCCCC3)ccc21. The summed E-state index contributed by atoms with van der Waals surface area (Å²) >= 11 is 6.05. The Morgan fingerprint density at radius 3 is 2.74 bits per heavy atom. The second kappa shape index (κ2) is 11.2. The summed E-state index contributed by atoms with van der Waals surface area (Å²) in [6.45, 7) is 8.05. The second-order valence-electron chi connectivity index (χ2n) is 9.03. The van der Waals surface area contributed by atoms with Crippen LogP contribution in [0.4, 0.5) is 4.39 Å². The first-order valence-corrected chi connectivity index (χ1v) is 12.4. The predicted octanol–water partition coefficient (Wildman–Crippen LogP) is 5.28. The number of amides is 1. The molecule has 3 aromatic rings. The van der Waals surface area contributed by atoms with E-state index in [-0.39, 0.29) is 17.0 Å². The highest BCUT2D eigenvalue weighted by Gasteiger charge is 2.17. The number of carbonyl (C=O) groups is 1. The molecular weight excluding hydrogens is 455 g/mol. The van der Waals surface area contributed by atoms with Gasteiger partial charge in [0.1, 0.15) is 17.4 Å². The molecule has 1 aliphatic rings. The maximum absolute atomic E-state index is 13.8. The molecule has 0 bridgehead atoms. The van der Waals surface area contributed by atoms with Gasteiger partial charge >= 0.3 is 0 Å². The molecule has 1 amide bonds. The minimum absolute atomic E-state index is 0.0451. The molecule has 1 aliphatic heterocycles. The zero-order valence-corrected chi connectivity index (χ0v) is 20.6. The summed E-state index contributed by atoms with van der Waals surface area (Å²) in [7, 11) is 0. The van der Waals surface area contributed by atoms with Crippen LogP contribution in [0.15, 0.2) is 36.4 Å². The van der Waals surface area contributed by atoms with Crippen LogP contribution >= 0.6 is 11.6 Å². The Balaban J connectivity index is 1.54. The average Bonchev–Trinajstić information content (AvgIpc) is 3.16. The molecule has 0 radical (unpaired) electrons. The molecule has 0 aliphatic carbocycles. The first-order valence-electron chi connectivity index (χ1n) is 12.0. The number of hydrogen-bond donors (Lipinski definition) is 1. The van der Waals surface area contributed by atoms with Crippen LogP contribution in [0, 0.1) is 5.82 Å². The van der Waals surface area contributed by atoms with E-state index < -0.39 is 5.82 Å². The molecule has 2 aromatic carbocycles. The van der Waals surface area contributed by atoms with Gasteiger partial charge < -0.3 is 19.5 Å². The van der Waals surface area contributed by atoms with E-state index in [4.69, 9.17) is 21.3 Å². The number of nitrogens with zero attached hydrogens (tertiary/aromatic N) is 3. The van der Waals surface area contributed by atoms with E-state index in [2.05, 4.69) is 10.2 Å². The number of rotatable bonds is 9. The standard InChI is InChI=1S/C26H32ClFN4O2/c1-18(29-19(2)33)17-32-25-10-8-21(34-14-6-13-31-11-4-3-5-12-31)16-24(25)30-26(32)20-7-9-23(28)22(27)15-20/h7-10,15-16,18H,3-6,11-14,17H2,1-2H3,(H,29,33). The van der Waals surface area contributed by atoms with E-state index in [1.54, 1.807) is 12.1 Å². The molecule has 4 rings (SSSR count). The van der Waals surface area contributed by atoms with Gasteiger partial charge in [-0.05, 0) is 69.6 Å². The smallest absolute Gasteiger partial charge is 0.217 e. The normalized spacial score (nSPS) is 15.4. The van der Waals surface area contributed by atoms with Crippen LogP contribution in [0.25, 0.3) is 22.4 Å². The predicted molar refractivity (Wildman–Crippen MR) is 134 cm³/mol. The summed E-state index contributed by atoms with van der Waals surface area (Å²) in [5.74, 6) is 0.870. The lowest BCUT2D eigenvalue weighted by molar-refractivity contribution is -0.119.